The van der Waals surface area contributed by atoms with Crippen molar-refractivity contribution in [3.63, 3.8) is 0 Å². The lowest BCUT2D eigenvalue weighted by Crippen LogP contribution is -2.63. The first-order chi connectivity index (χ1) is 18.4. The average molecular weight is 514 g/mol. The van der Waals surface area contributed by atoms with Crippen LogP contribution in [0, 0.1) is 11.8 Å². The van der Waals surface area contributed by atoms with Crippen molar-refractivity contribution in [1.82, 2.24) is 14.8 Å². The number of hydrogen-bond donors (Lipinski definition) is 2. The molecule has 4 bridgehead atoms. The molecule has 2 aliphatic carbocycles. The van der Waals surface area contributed by atoms with Gasteiger partial charge in [-0.05, 0) is 73.5 Å². The molecule has 1 amide bonds. The molecule has 3 heterocycles. The van der Waals surface area contributed by atoms with Gasteiger partial charge in [0.15, 0.2) is 0 Å². The fourth-order valence-electron chi connectivity index (χ4n) is 7.91. The van der Waals surface area contributed by atoms with Crippen LogP contribution in [0.1, 0.15) is 68.3 Å². The number of nitrogens with zero attached hydrogens (tertiary/aromatic N) is 2. The number of amides is 1. The molecule has 38 heavy (non-hydrogen) atoms. The van der Waals surface area contributed by atoms with E-state index in [1.54, 1.807) is 10.6 Å². The van der Waals surface area contributed by atoms with Crippen LogP contribution in [0.2, 0.25) is 0 Å². The van der Waals surface area contributed by atoms with Gasteiger partial charge in [0.1, 0.15) is 11.3 Å². The minimum absolute atomic E-state index is 0.149. The Kier molecular flexibility index (Phi) is 6.55. The van der Waals surface area contributed by atoms with E-state index in [1.165, 1.54) is 37.7 Å². The molecule has 2 aliphatic heterocycles. The second-order valence-electron chi connectivity index (χ2n) is 12.3. The first-order valence-electron chi connectivity index (χ1n) is 14.3. The molecule has 2 atom stereocenters. The molecule has 2 aromatic carbocycles. The molecule has 3 aromatic rings. The SMILES string of the molecule is CC(C)Cn1c(=O)c(C(=O)NCCCN2C3CC4CC2CC(c2ccccc2)(C4)C3)c(O)c2ccccc21. The van der Waals surface area contributed by atoms with Crippen LogP contribution in [0.15, 0.2) is 59.4 Å². The molecule has 1 aromatic heterocycles. The van der Waals surface area contributed by atoms with Crippen LogP contribution in [0.5, 0.6) is 5.75 Å². The van der Waals surface area contributed by atoms with Crippen LogP contribution >= 0.6 is 0 Å². The van der Waals surface area contributed by atoms with Crippen molar-refractivity contribution in [2.24, 2.45) is 11.8 Å². The zero-order valence-electron chi connectivity index (χ0n) is 22.5. The quantitative estimate of drug-likeness (QED) is 0.413. The number of carbonyl (C=O) groups is 1. The van der Waals surface area contributed by atoms with Gasteiger partial charge in [0.25, 0.3) is 11.5 Å². The number of nitrogens with one attached hydrogen (secondary N) is 1. The second kappa shape index (κ2) is 9.88. The molecule has 6 nitrogen and oxygen atoms in total. The Labute approximate surface area is 224 Å². The monoisotopic (exact) mass is 513 g/mol. The van der Waals surface area contributed by atoms with Crippen molar-refractivity contribution in [3.8, 4) is 5.75 Å². The van der Waals surface area contributed by atoms with Gasteiger partial charge in [0.05, 0.1) is 5.52 Å². The number of rotatable bonds is 8. The van der Waals surface area contributed by atoms with Crippen molar-refractivity contribution < 1.29 is 9.90 Å². The van der Waals surface area contributed by atoms with E-state index in [0.717, 1.165) is 18.9 Å². The molecule has 4 aliphatic rings. The van der Waals surface area contributed by atoms with E-state index in [0.29, 0.717) is 41.5 Å². The number of piperidine rings is 2. The van der Waals surface area contributed by atoms with Crippen LogP contribution in [-0.4, -0.2) is 45.7 Å². The van der Waals surface area contributed by atoms with Gasteiger partial charge < -0.3 is 15.0 Å². The lowest BCUT2D eigenvalue weighted by Gasteiger charge is -2.62. The lowest BCUT2D eigenvalue weighted by atomic mass is 9.53. The first-order valence-corrected chi connectivity index (χ1v) is 14.3. The number of hydrogen-bond acceptors (Lipinski definition) is 4. The molecule has 6 heteroatoms. The van der Waals surface area contributed by atoms with Crippen LogP contribution in [-0.2, 0) is 12.0 Å². The molecule has 4 fully saturated rings. The van der Waals surface area contributed by atoms with Gasteiger partial charge in [0, 0.05) is 37.1 Å². The molecule has 2 N–H and O–H groups in total. The standard InChI is InChI=1S/C32H39N3O3/c1-21(2)20-35-27-12-7-6-11-26(27)29(36)28(31(35)38)30(37)33-13-8-14-34-24-15-22-16-25(34)19-32(17-22,18-24)23-9-4-3-5-10-23/h3-7,9-12,21-22,24-25,36H,8,13-20H2,1-2H3,(H,33,37). The first kappa shape index (κ1) is 25.2. The smallest absolute Gasteiger partial charge is 0.267 e. The lowest BCUT2D eigenvalue weighted by molar-refractivity contribution is -0.0750. The topological polar surface area (TPSA) is 74.6 Å². The van der Waals surface area contributed by atoms with Gasteiger partial charge in [-0.2, -0.15) is 0 Å². The zero-order chi connectivity index (χ0) is 26.4. The predicted octanol–water partition coefficient (Wildman–Crippen LogP) is 5.07. The van der Waals surface area contributed by atoms with Crippen LogP contribution < -0.4 is 10.9 Å². The predicted molar refractivity (Wildman–Crippen MR) is 151 cm³/mol. The average Bonchev–Trinajstić information content (AvgIpc) is 2.90. The Morgan fingerprint density at radius 1 is 1.03 bits per heavy atom. The van der Waals surface area contributed by atoms with E-state index in [1.807, 2.05) is 32.0 Å². The number of para-hydroxylation sites is 1. The number of fused-ring (bicyclic) bond motifs is 1. The number of carbonyl (C=O) groups excluding carboxylic acids is 1. The summed E-state index contributed by atoms with van der Waals surface area (Å²) in [5.74, 6) is 0.346. The zero-order valence-corrected chi connectivity index (χ0v) is 22.5. The molecule has 2 unspecified atom stereocenters. The van der Waals surface area contributed by atoms with Crippen LogP contribution in [0.4, 0.5) is 0 Å². The second-order valence-corrected chi connectivity index (χ2v) is 12.3. The molecule has 2 saturated carbocycles. The maximum Gasteiger partial charge on any atom is 0.267 e. The van der Waals surface area contributed by atoms with E-state index >= 15 is 0 Å². The molecule has 7 rings (SSSR count). The molecular formula is C32H39N3O3. The third-order valence-corrected chi connectivity index (χ3v) is 9.27. The summed E-state index contributed by atoms with van der Waals surface area (Å²) in [5.41, 5.74) is 1.94. The minimum atomic E-state index is -0.487. The Bertz CT molecular complexity index is 1380. The van der Waals surface area contributed by atoms with Crippen molar-refractivity contribution in [2.45, 2.75) is 76.4 Å². The van der Waals surface area contributed by atoms with E-state index < -0.39 is 11.5 Å². The van der Waals surface area contributed by atoms with E-state index in [-0.39, 0.29) is 17.2 Å². The van der Waals surface area contributed by atoms with Crippen LogP contribution in [0.3, 0.4) is 0 Å². The highest BCUT2D eigenvalue weighted by Gasteiger charge is 2.54. The molecular weight excluding hydrogens is 474 g/mol. The molecule has 0 radical (unpaired) electrons. The van der Waals surface area contributed by atoms with Gasteiger partial charge in [-0.15, -0.1) is 0 Å². The van der Waals surface area contributed by atoms with Crippen LogP contribution in [0.25, 0.3) is 10.9 Å². The number of benzene rings is 2. The van der Waals surface area contributed by atoms with Crippen molar-refractivity contribution in [3.05, 3.63) is 76.1 Å². The Morgan fingerprint density at radius 2 is 1.71 bits per heavy atom. The largest absolute Gasteiger partial charge is 0.506 e. The summed E-state index contributed by atoms with van der Waals surface area (Å²) in [6.45, 7) is 6.00. The maximum atomic E-state index is 13.3. The van der Waals surface area contributed by atoms with Crippen molar-refractivity contribution >= 4 is 16.8 Å². The normalized spacial score (nSPS) is 26.3. The summed E-state index contributed by atoms with van der Waals surface area (Å²) in [6.07, 6.45) is 7.21. The highest BCUT2D eigenvalue weighted by Crippen LogP contribution is 2.57. The minimum Gasteiger partial charge on any atom is -0.506 e. The number of pyridine rings is 1. The summed E-state index contributed by atoms with van der Waals surface area (Å²) in [7, 11) is 0. The molecule has 200 valence electrons. The van der Waals surface area contributed by atoms with E-state index in [2.05, 4.69) is 40.5 Å². The van der Waals surface area contributed by atoms with Gasteiger partial charge in [-0.1, -0.05) is 56.3 Å². The summed E-state index contributed by atoms with van der Waals surface area (Å²) >= 11 is 0. The van der Waals surface area contributed by atoms with Gasteiger partial charge in [0.2, 0.25) is 0 Å². The fraction of sp³-hybridized carbons (Fsp3) is 0.500. The van der Waals surface area contributed by atoms with E-state index in [9.17, 15) is 14.7 Å². The van der Waals surface area contributed by atoms with Crippen molar-refractivity contribution in [2.75, 3.05) is 13.1 Å². The summed E-state index contributed by atoms with van der Waals surface area (Å²) in [6, 6.07) is 19.6. The summed E-state index contributed by atoms with van der Waals surface area (Å²) in [5, 5.41) is 14.4. The van der Waals surface area contributed by atoms with Gasteiger partial charge in [-0.25, -0.2) is 0 Å². The Morgan fingerprint density at radius 3 is 2.42 bits per heavy atom. The maximum absolute atomic E-state index is 13.3. The fourth-order valence-corrected chi connectivity index (χ4v) is 7.91. The highest BCUT2D eigenvalue weighted by molar-refractivity contribution is 6.02. The third kappa shape index (κ3) is 4.33. The number of aromatic nitrogens is 1. The van der Waals surface area contributed by atoms with E-state index in [4.69, 9.17) is 0 Å². The Balaban J connectivity index is 1.12. The summed E-state index contributed by atoms with van der Waals surface area (Å²) in [4.78, 5) is 29.2. The van der Waals surface area contributed by atoms with Crippen molar-refractivity contribution in [1.29, 1.82) is 0 Å². The van der Waals surface area contributed by atoms with Gasteiger partial charge in [-0.3, -0.25) is 14.5 Å². The number of aromatic hydroxyl groups is 1. The summed E-state index contributed by atoms with van der Waals surface area (Å²) < 4.78 is 1.62. The third-order valence-electron chi connectivity index (χ3n) is 9.27. The molecule has 0 spiro atoms. The Hall–Kier alpha value is -3.12. The molecule has 2 saturated heterocycles. The van der Waals surface area contributed by atoms with Gasteiger partial charge >= 0.3 is 0 Å². The highest BCUT2D eigenvalue weighted by atomic mass is 16.3.